The zero-order chi connectivity index (χ0) is 30.9. The van der Waals surface area contributed by atoms with Gasteiger partial charge in [0.2, 0.25) is 5.91 Å². The van der Waals surface area contributed by atoms with Crippen LogP contribution in [0, 0.1) is 11.7 Å². The van der Waals surface area contributed by atoms with Gasteiger partial charge in [0.15, 0.2) is 5.82 Å². The fourth-order valence-electron chi connectivity index (χ4n) is 5.74. The van der Waals surface area contributed by atoms with Crippen molar-refractivity contribution in [2.45, 2.75) is 25.7 Å². The highest BCUT2D eigenvalue weighted by Gasteiger charge is 2.23. The molecule has 1 fully saturated rings. The molecule has 5 heterocycles. The average Bonchev–Trinajstić information content (AvgIpc) is 3.80. The number of aromatic nitrogens is 7. The smallest absolute Gasteiger partial charge is 0.227 e. The molecule has 0 spiro atoms. The summed E-state index contributed by atoms with van der Waals surface area (Å²) in [5.74, 6) is 0.652. The lowest BCUT2D eigenvalue weighted by molar-refractivity contribution is -0.119. The van der Waals surface area contributed by atoms with Crippen molar-refractivity contribution in [1.29, 1.82) is 0 Å². The zero-order valence-corrected chi connectivity index (χ0v) is 25.0. The lowest BCUT2D eigenvalue weighted by Crippen LogP contribution is -2.20. The first-order chi connectivity index (χ1) is 21.9. The standard InChI is InChI=1S/C33H32FN9O2/c1-43(2)7-8-45-24-11-20(9-22(34)12-24)26-16-36-17-29-30(26)40-32(39-29)31-25-13-27(37-18-28(25)41-42-31)21-10-23(15-35-14-21)38-33(44)19-5-3-4-6-19/h9-19H,3-8H2,1-2H3,(H,38,44)(H,39,40)(H,41,42). The van der Waals surface area contributed by atoms with Crippen molar-refractivity contribution in [2.24, 2.45) is 5.92 Å². The van der Waals surface area contributed by atoms with E-state index in [1.165, 1.54) is 12.1 Å². The lowest BCUT2D eigenvalue weighted by atomic mass is 10.1. The van der Waals surface area contributed by atoms with E-state index < -0.39 is 5.82 Å². The van der Waals surface area contributed by atoms with Gasteiger partial charge in [0, 0.05) is 47.4 Å². The van der Waals surface area contributed by atoms with Gasteiger partial charge in [-0.25, -0.2) is 9.37 Å². The maximum absolute atomic E-state index is 14.7. The van der Waals surface area contributed by atoms with E-state index in [4.69, 9.17) is 9.72 Å². The van der Waals surface area contributed by atoms with Gasteiger partial charge in [-0.05, 0) is 56.8 Å². The third-order valence-corrected chi connectivity index (χ3v) is 8.08. The molecule has 1 saturated carbocycles. The van der Waals surface area contributed by atoms with E-state index in [1.54, 1.807) is 37.1 Å². The van der Waals surface area contributed by atoms with Crippen molar-refractivity contribution in [2.75, 3.05) is 32.6 Å². The molecule has 1 aromatic carbocycles. The minimum absolute atomic E-state index is 0.0389. The highest BCUT2D eigenvalue weighted by atomic mass is 19.1. The second kappa shape index (κ2) is 12.0. The average molecular weight is 606 g/mol. The molecule has 11 nitrogen and oxygen atoms in total. The number of pyridine rings is 3. The van der Waals surface area contributed by atoms with Crippen LogP contribution in [0.25, 0.3) is 55.8 Å². The fraction of sp³-hybridized carbons (Fsp3) is 0.273. The number of fused-ring (bicyclic) bond motifs is 2. The number of likely N-dealkylation sites (N-methyl/N-ethyl adjacent to an activating group) is 1. The van der Waals surface area contributed by atoms with Crippen LogP contribution in [0.5, 0.6) is 5.75 Å². The number of nitrogens with one attached hydrogen (secondary N) is 3. The van der Waals surface area contributed by atoms with Gasteiger partial charge in [0.05, 0.1) is 46.5 Å². The van der Waals surface area contributed by atoms with Gasteiger partial charge in [0.1, 0.15) is 23.9 Å². The number of anilines is 1. The number of ether oxygens (including phenoxy) is 1. The summed E-state index contributed by atoms with van der Waals surface area (Å²) >= 11 is 0. The van der Waals surface area contributed by atoms with E-state index in [-0.39, 0.29) is 11.8 Å². The summed E-state index contributed by atoms with van der Waals surface area (Å²) < 4.78 is 20.5. The zero-order valence-electron chi connectivity index (χ0n) is 25.0. The predicted molar refractivity (Wildman–Crippen MR) is 170 cm³/mol. The number of halogens is 1. The predicted octanol–water partition coefficient (Wildman–Crippen LogP) is 5.83. The minimum Gasteiger partial charge on any atom is -0.492 e. The maximum Gasteiger partial charge on any atom is 0.227 e. The van der Waals surface area contributed by atoms with Crippen molar-refractivity contribution in [3.05, 3.63) is 67.1 Å². The van der Waals surface area contributed by atoms with Crippen molar-refractivity contribution < 1.29 is 13.9 Å². The molecule has 0 unspecified atom stereocenters. The van der Waals surface area contributed by atoms with Crippen molar-refractivity contribution in [1.82, 2.24) is 40.0 Å². The molecule has 45 heavy (non-hydrogen) atoms. The number of carbonyl (C=O) groups is 1. The SMILES string of the molecule is CN(C)CCOc1cc(F)cc(-c2cncc3[nH]c(-c4n[nH]c5cnc(-c6cncc(NC(=O)C7CCCC7)c6)cc45)nc23)c1. The van der Waals surface area contributed by atoms with Crippen LogP contribution in [0.3, 0.4) is 0 Å². The molecule has 1 amide bonds. The number of nitrogens with zero attached hydrogens (tertiary/aromatic N) is 6. The van der Waals surface area contributed by atoms with Gasteiger partial charge in [0.25, 0.3) is 0 Å². The Morgan fingerprint density at radius 2 is 1.84 bits per heavy atom. The van der Waals surface area contributed by atoms with E-state index >= 15 is 0 Å². The highest BCUT2D eigenvalue weighted by Crippen LogP contribution is 2.34. The Bertz CT molecular complexity index is 2010. The van der Waals surface area contributed by atoms with Gasteiger partial charge in [-0.1, -0.05) is 12.8 Å². The Kier molecular flexibility index (Phi) is 7.64. The Balaban J connectivity index is 1.20. The summed E-state index contributed by atoms with van der Waals surface area (Å²) in [7, 11) is 3.91. The summed E-state index contributed by atoms with van der Waals surface area (Å²) in [5, 5.41) is 11.4. The lowest BCUT2D eigenvalue weighted by Gasteiger charge is -2.12. The Hall–Kier alpha value is -5.23. The molecular formula is C33H32FN9O2. The van der Waals surface area contributed by atoms with Crippen molar-refractivity contribution >= 4 is 33.5 Å². The second-order valence-corrected chi connectivity index (χ2v) is 11.6. The van der Waals surface area contributed by atoms with Gasteiger partial charge in [-0.3, -0.25) is 24.8 Å². The molecule has 0 radical (unpaired) electrons. The molecule has 3 N–H and O–H groups in total. The summed E-state index contributed by atoms with van der Waals surface area (Å²) in [4.78, 5) is 36.2. The van der Waals surface area contributed by atoms with Crippen molar-refractivity contribution in [3.63, 3.8) is 0 Å². The summed E-state index contributed by atoms with van der Waals surface area (Å²) in [5.41, 5.74) is 5.99. The van der Waals surface area contributed by atoms with E-state index in [0.29, 0.717) is 64.0 Å². The quantitative estimate of drug-likeness (QED) is 0.187. The number of benzene rings is 1. The van der Waals surface area contributed by atoms with Crippen LogP contribution in [0.4, 0.5) is 10.1 Å². The van der Waals surface area contributed by atoms with Crippen LogP contribution in [0.15, 0.2) is 61.3 Å². The molecule has 0 saturated heterocycles. The normalized spacial score (nSPS) is 13.7. The molecular weight excluding hydrogens is 573 g/mol. The van der Waals surface area contributed by atoms with E-state index in [1.807, 2.05) is 31.1 Å². The molecule has 1 aliphatic rings. The fourth-order valence-corrected chi connectivity index (χ4v) is 5.74. The van der Waals surface area contributed by atoms with Crippen LogP contribution in [-0.2, 0) is 4.79 Å². The summed E-state index contributed by atoms with van der Waals surface area (Å²) in [6.07, 6.45) is 12.5. The van der Waals surface area contributed by atoms with Crippen molar-refractivity contribution in [3.8, 4) is 39.7 Å². The molecule has 228 valence electrons. The third-order valence-electron chi connectivity index (χ3n) is 8.08. The number of aromatic amines is 2. The van der Waals surface area contributed by atoms with Gasteiger partial charge in [-0.15, -0.1) is 0 Å². The third kappa shape index (κ3) is 5.96. The monoisotopic (exact) mass is 605 g/mol. The number of hydrogen-bond acceptors (Lipinski definition) is 8. The molecule has 1 aliphatic carbocycles. The van der Waals surface area contributed by atoms with Gasteiger partial charge < -0.3 is 19.9 Å². The molecule has 0 atom stereocenters. The Morgan fingerprint density at radius 3 is 2.69 bits per heavy atom. The van der Waals surface area contributed by atoms with Gasteiger partial charge in [-0.2, -0.15) is 5.10 Å². The molecule has 6 aromatic rings. The Labute approximate surface area is 258 Å². The van der Waals surface area contributed by atoms with Gasteiger partial charge >= 0.3 is 0 Å². The maximum atomic E-state index is 14.7. The van der Waals surface area contributed by atoms with Crippen LogP contribution in [0.1, 0.15) is 25.7 Å². The minimum atomic E-state index is -0.407. The number of imidazole rings is 1. The topological polar surface area (TPSA) is 138 Å². The highest BCUT2D eigenvalue weighted by molar-refractivity contribution is 5.98. The molecule has 0 aliphatic heterocycles. The first-order valence-corrected chi connectivity index (χ1v) is 14.9. The first kappa shape index (κ1) is 28.5. The second-order valence-electron chi connectivity index (χ2n) is 11.6. The largest absolute Gasteiger partial charge is 0.492 e. The molecule has 7 rings (SSSR count). The van der Waals surface area contributed by atoms with E-state index in [0.717, 1.165) is 42.1 Å². The molecule has 5 aromatic heterocycles. The van der Waals surface area contributed by atoms with Crippen LogP contribution < -0.4 is 10.1 Å². The Morgan fingerprint density at radius 1 is 1.00 bits per heavy atom. The summed E-state index contributed by atoms with van der Waals surface area (Å²) in [6.45, 7) is 1.14. The van der Waals surface area contributed by atoms with Crippen LogP contribution in [-0.4, -0.2) is 73.2 Å². The van der Waals surface area contributed by atoms with Crippen LogP contribution >= 0.6 is 0 Å². The van der Waals surface area contributed by atoms with E-state index in [9.17, 15) is 9.18 Å². The number of hydrogen-bond donors (Lipinski definition) is 3. The number of rotatable bonds is 9. The molecule has 12 heteroatoms. The number of carbonyl (C=O) groups excluding carboxylic acids is 1. The molecule has 0 bridgehead atoms. The van der Waals surface area contributed by atoms with E-state index in [2.05, 4.69) is 35.5 Å². The first-order valence-electron chi connectivity index (χ1n) is 14.9. The summed E-state index contributed by atoms with van der Waals surface area (Å²) in [6, 6.07) is 8.42. The number of amides is 1. The number of H-pyrrole nitrogens is 2. The van der Waals surface area contributed by atoms with Crippen LogP contribution in [0.2, 0.25) is 0 Å².